The van der Waals surface area contributed by atoms with Crippen LogP contribution in [-0.4, -0.2) is 47.0 Å². The van der Waals surface area contributed by atoms with Crippen LogP contribution < -0.4 is 4.90 Å². The van der Waals surface area contributed by atoms with Crippen molar-refractivity contribution in [3.8, 4) is 0 Å². The van der Waals surface area contributed by atoms with Crippen LogP contribution in [-0.2, 0) is 0 Å². The zero-order chi connectivity index (χ0) is 19.3. The Morgan fingerprint density at radius 1 is 1.07 bits per heavy atom. The number of nitrogens with zero attached hydrogens (tertiary/aromatic N) is 4. The lowest BCUT2D eigenvalue weighted by atomic mass is 10.2. The summed E-state index contributed by atoms with van der Waals surface area (Å²) in [4.78, 5) is 27.2. The first kappa shape index (κ1) is 19.4. The average Bonchev–Trinajstić information content (AvgIpc) is 3.14. The van der Waals surface area contributed by atoms with Gasteiger partial charge in [-0.1, -0.05) is 23.9 Å². The summed E-state index contributed by atoms with van der Waals surface area (Å²) in [6.07, 6.45) is 4.54. The molecule has 4 rings (SSSR count). The molecule has 144 valence electrons. The average molecular weight is 475 g/mol. The normalized spacial score (nSPS) is 14.8. The van der Waals surface area contributed by atoms with Gasteiger partial charge in [0.1, 0.15) is 5.03 Å². The molecular weight excluding hydrogens is 456 g/mol. The molecule has 1 amide bonds. The van der Waals surface area contributed by atoms with Gasteiger partial charge in [-0.15, -0.1) is 11.3 Å². The molecule has 0 spiro atoms. The lowest BCUT2D eigenvalue weighted by Crippen LogP contribution is -2.35. The highest BCUT2D eigenvalue weighted by atomic mass is 79.9. The molecule has 1 aromatic carbocycles. The summed E-state index contributed by atoms with van der Waals surface area (Å²) in [6, 6.07) is 11.7. The molecule has 0 atom stereocenters. The van der Waals surface area contributed by atoms with E-state index < -0.39 is 0 Å². The Balaban J connectivity index is 1.49. The molecule has 0 bridgehead atoms. The number of thiazole rings is 1. The van der Waals surface area contributed by atoms with E-state index in [-0.39, 0.29) is 5.91 Å². The molecule has 1 fully saturated rings. The lowest BCUT2D eigenvalue weighted by molar-refractivity contribution is 0.0763. The highest BCUT2D eigenvalue weighted by Crippen LogP contribution is 2.30. The van der Waals surface area contributed by atoms with Crippen LogP contribution in [0.15, 0.2) is 68.6 Å². The third kappa shape index (κ3) is 4.56. The van der Waals surface area contributed by atoms with Gasteiger partial charge in [0.2, 0.25) is 0 Å². The third-order valence-corrected chi connectivity index (χ3v) is 6.83. The number of hydrogen-bond acceptors (Lipinski definition) is 6. The maximum atomic E-state index is 13.3. The van der Waals surface area contributed by atoms with E-state index in [9.17, 15) is 4.79 Å². The Kier molecular flexibility index (Phi) is 6.29. The van der Waals surface area contributed by atoms with E-state index in [2.05, 4.69) is 30.8 Å². The molecule has 28 heavy (non-hydrogen) atoms. The summed E-state index contributed by atoms with van der Waals surface area (Å²) in [6.45, 7) is 3.20. The van der Waals surface area contributed by atoms with Gasteiger partial charge in [-0.05, 0) is 46.6 Å². The van der Waals surface area contributed by atoms with Crippen LogP contribution in [0.4, 0.5) is 5.13 Å². The summed E-state index contributed by atoms with van der Waals surface area (Å²) in [5.41, 5.74) is 0.736. The number of halogens is 1. The summed E-state index contributed by atoms with van der Waals surface area (Å²) in [5.74, 6) is 0.0844. The predicted octanol–water partition coefficient (Wildman–Crippen LogP) is 4.80. The molecule has 5 nitrogen and oxygen atoms in total. The van der Waals surface area contributed by atoms with Crippen LogP contribution in [0.5, 0.6) is 0 Å². The van der Waals surface area contributed by atoms with Crippen molar-refractivity contribution < 1.29 is 4.79 Å². The van der Waals surface area contributed by atoms with Crippen molar-refractivity contribution in [3.05, 3.63) is 64.2 Å². The monoisotopic (exact) mass is 474 g/mol. The topological polar surface area (TPSA) is 49.3 Å². The Morgan fingerprint density at radius 3 is 2.75 bits per heavy atom. The maximum Gasteiger partial charge on any atom is 0.255 e. The van der Waals surface area contributed by atoms with Crippen molar-refractivity contribution in [1.82, 2.24) is 14.9 Å². The van der Waals surface area contributed by atoms with E-state index >= 15 is 0 Å². The van der Waals surface area contributed by atoms with E-state index in [4.69, 9.17) is 0 Å². The van der Waals surface area contributed by atoms with Crippen LogP contribution in [0.3, 0.4) is 0 Å². The largest absolute Gasteiger partial charge is 0.346 e. The minimum Gasteiger partial charge on any atom is -0.346 e. The fourth-order valence-corrected chi connectivity index (χ4v) is 4.93. The van der Waals surface area contributed by atoms with Crippen molar-refractivity contribution in [2.75, 3.05) is 31.1 Å². The van der Waals surface area contributed by atoms with E-state index in [1.807, 2.05) is 52.9 Å². The Labute approximate surface area is 180 Å². The van der Waals surface area contributed by atoms with Gasteiger partial charge >= 0.3 is 0 Å². The molecule has 0 N–H and O–H groups in total. The van der Waals surface area contributed by atoms with Gasteiger partial charge in [0.25, 0.3) is 5.91 Å². The van der Waals surface area contributed by atoms with E-state index in [0.29, 0.717) is 6.54 Å². The Bertz CT molecular complexity index is 934. The van der Waals surface area contributed by atoms with Crippen molar-refractivity contribution in [2.24, 2.45) is 0 Å². The Morgan fingerprint density at radius 2 is 1.96 bits per heavy atom. The van der Waals surface area contributed by atoms with Crippen molar-refractivity contribution >= 4 is 50.1 Å². The Hall–Kier alpha value is -1.90. The first-order valence-corrected chi connectivity index (χ1v) is 11.5. The highest BCUT2D eigenvalue weighted by molar-refractivity contribution is 9.10. The second-order valence-corrected chi connectivity index (χ2v) is 9.21. The summed E-state index contributed by atoms with van der Waals surface area (Å²) in [7, 11) is 0. The minimum absolute atomic E-state index is 0.0844. The van der Waals surface area contributed by atoms with Gasteiger partial charge in [-0.2, -0.15) is 0 Å². The highest BCUT2D eigenvalue weighted by Gasteiger charge is 2.23. The number of carbonyl (C=O) groups is 1. The van der Waals surface area contributed by atoms with Crippen LogP contribution >= 0.6 is 39.0 Å². The number of aromatic nitrogens is 2. The summed E-state index contributed by atoms with van der Waals surface area (Å²) in [5, 5.41) is 3.90. The SMILES string of the molecule is O=C(c1ccccc1Sc1ccc(Br)cn1)N1CCCN(c2nccs2)CC1. The lowest BCUT2D eigenvalue weighted by Gasteiger charge is -2.22. The predicted molar refractivity (Wildman–Crippen MR) is 117 cm³/mol. The van der Waals surface area contributed by atoms with E-state index in [1.165, 1.54) is 11.8 Å². The quantitative estimate of drug-likeness (QED) is 0.543. The number of anilines is 1. The van der Waals surface area contributed by atoms with Crippen LogP contribution in [0.1, 0.15) is 16.8 Å². The summed E-state index contributed by atoms with van der Waals surface area (Å²) >= 11 is 6.57. The molecule has 3 aromatic rings. The van der Waals surface area contributed by atoms with Crippen molar-refractivity contribution in [1.29, 1.82) is 0 Å². The molecule has 1 aliphatic rings. The number of rotatable bonds is 4. The molecule has 0 unspecified atom stereocenters. The fourth-order valence-electron chi connectivity index (χ4n) is 3.12. The standard InChI is InChI=1S/C20H19BrN4OS2/c21-15-6-7-18(23-14-15)28-17-5-2-1-4-16(17)19(26)24-9-3-10-25(12-11-24)20-22-8-13-27-20/h1-2,4-8,13-14H,3,9-12H2. The van der Waals surface area contributed by atoms with Gasteiger partial charge in [0.15, 0.2) is 5.13 Å². The molecule has 0 aliphatic carbocycles. The molecule has 1 aliphatic heterocycles. The third-order valence-electron chi connectivity index (χ3n) is 4.51. The van der Waals surface area contributed by atoms with Gasteiger partial charge < -0.3 is 9.80 Å². The molecule has 1 saturated heterocycles. The first-order chi connectivity index (χ1) is 13.7. The van der Waals surface area contributed by atoms with Crippen molar-refractivity contribution in [3.63, 3.8) is 0 Å². The number of benzene rings is 1. The number of pyridine rings is 1. The number of carbonyl (C=O) groups excluding carboxylic acids is 1. The zero-order valence-corrected chi connectivity index (χ0v) is 18.3. The van der Waals surface area contributed by atoms with Crippen LogP contribution in [0.2, 0.25) is 0 Å². The van der Waals surface area contributed by atoms with Crippen molar-refractivity contribution in [2.45, 2.75) is 16.3 Å². The van der Waals surface area contributed by atoms with E-state index in [1.54, 1.807) is 17.5 Å². The van der Waals surface area contributed by atoms with Gasteiger partial charge in [0.05, 0.1) is 5.56 Å². The fraction of sp³-hybridized carbons (Fsp3) is 0.250. The smallest absolute Gasteiger partial charge is 0.255 e. The molecule has 0 radical (unpaired) electrons. The maximum absolute atomic E-state index is 13.3. The first-order valence-electron chi connectivity index (χ1n) is 9.03. The second kappa shape index (κ2) is 9.07. The molecule has 2 aromatic heterocycles. The van der Waals surface area contributed by atoms with Gasteiger partial charge in [-0.3, -0.25) is 4.79 Å². The molecule has 0 saturated carbocycles. The number of hydrogen-bond donors (Lipinski definition) is 0. The van der Waals surface area contributed by atoms with Gasteiger partial charge in [-0.25, -0.2) is 9.97 Å². The molecule has 8 heteroatoms. The second-order valence-electron chi connectivity index (χ2n) is 6.36. The van der Waals surface area contributed by atoms with Gasteiger partial charge in [0, 0.05) is 53.3 Å². The minimum atomic E-state index is 0.0844. The molecular formula is C20H19BrN4OS2. The molecule has 3 heterocycles. The zero-order valence-electron chi connectivity index (χ0n) is 15.1. The number of amides is 1. The van der Waals surface area contributed by atoms with Crippen LogP contribution in [0, 0.1) is 0 Å². The van der Waals surface area contributed by atoms with Crippen LogP contribution in [0.25, 0.3) is 0 Å². The summed E-state index contributed by atoms with van der Waals surface area (Å²) < 4.78 is 0.940. The van der Waals surface area contributed by atoms with E-state index in [0.717, 1.165) is 51.1 Å².